The van der Waals surface area contributed by atoms with Gasteiger partial charge in [-0.05, 0) is 89.0 Å². The summed E-state index contributed by atoms with van der Waals surface area (Å²) < 4.78 is 36.4. The fourth-order valence-corrected chi connectivity index (χ4v) is 7.13. The van der Waals surface area contributed by atoms with Gasteiger partial charge < -0.3 is 9.30 Å². The first-order valence-corrected chi connectivity index (χ1v) is 13.3. The number of pyridine rings is 1. The van der Waals surface area contributed by atoms with E-state index in [2.05, 4.69) is 4.72 Å². The average Bonchev–Trinajstić information content (AvgIpc) is 3.62. The monoisotopic (exact) mass is 434 g/mol. The van der Waals surface area contributed by atoms with Crippen LogP contribution in [0.25, 0.3) is 0 Å². The Kier molecular flexibility index (Phi) is 5.57. The molecule has 0 aromatic carbocycles. The van der Waals surface area contributed by atoms with E-state index >= 15 is 0 Å². The van der Waals surface area contributed by atoms with Gasteiger partial charge in [0.05, 0.1) is 24.0 Å². The second-order valence-electron chi connectivity index (χ2n) is 9.97. The van der Waals surface area contributed by atoms with Gasteiger partial charge in [0, 0.05) is 17.3 Å². The number of rotatable bonds is 7. The van der Waals surface area contributed by atoms with Gasteiger partial charge in [0.15, 0.2) is 0 Å². The number of nitrogens with one attached hydrogen (secondary N) is 1. The topological polar surface area (TPSA) is 77.4 Å². The predicted molar refractivity (Wildman–Crippen MR) is 116 cm³/mol. The van der Waals surface area contributed by atoms with Crippen molar-refractivity contribution >= 4 is 10.0 Å². The third-order valence-electron chi connectivity index (χ3n) is 7.69. The quantitative estimate of drug-likeness (QED) is 0.715. The number of aryl methyl sites for hydroxylation is 2. The smallest absolute Gasteiger partial charge is 0.254 e. The van der Waals surface area contributed by atoms with Crippen molar-refractivity contribution in [3.8, 4) is 0 Å². The van der Waals surface area contributed by atoms with Crippen molar-refractivity contribution in [1.82, 2.24) is 9.29 Å². The molecule has 1 N–H and O–H groups in total. The molecular formula is C23H34N2O4S. The van der Waals surface area contributed by atoms with Gasteiger partial charge in [-0.15, -0.1) is 0 Å². The van der Waals surface area contributed by atoms with Crippen molar-refractivity contribution in [2.45, 2.75) is 94.6 Å². The number of sulfonamides is 1. The van der Waals surface area contributed by atoms with Crippen LogP contribution in [0.5, 0.6) is 0 Å². The summed E-state index contributed by atoms with van der Waals surface area (Å²) in [6, 6.07) is 3.32. The summed E-state index contributed by atoms with van der Waals surface area (Å²) in [5, 5.41) is -0.257. The van der Waals surface area contributed by atoms with Crippen LogP contribution in [0.15, 0.2) is 16.9 Å². The molecule has 2 unspecified atom stereocenters. The van der Waals surface area contributed by atoms with E-state index in [0.717, 1.165) is 43.2 Å². The van der Waals surface area contributed by atoms with Crippen molar-refractivity contribution in [3.05, 3.63) is 33.7 Å². The standard InChI is InChI=1S/C23H34N2O4S/c1-15-2-7-18-8-13-21(24-30(27,28)20-11-12-20)22(25(18)23(15)26)14-29-19-9-5-17(6-10-19)16-3-4-16/h2,7,16-17,19-22,24H,3-6,8-14H2,1H3. The molecule has 0 saturated heterocycles. The first kappa shape index (κ1) is 20.7. The molecule has 7 heteroatoms. The van der Waals surface area contributed by atoms with Gasteiger partial charge in [-0.1, -0.05) is 6.07 Å². The zero-order valence-electron chi connectivity index (χ0n) is 17.9. The molecule has 3 aliphatic carbocycles. The van der Waals surface area contributed by atoms with Crippen LogP contribution in [-0.4, -0.2) is 37.0 Å². The van der Waals surface area contributed by atoms with Crippen molar-refractivity contribution < 1.29 is 13.2 Å². The molecule has 2 heterocycles. The number of fused-ring (bicyclic) bond motifs is 1. The predicted octanol–water partition coefficient (Wildman–Crippen LogP) is 3.08. The molecule has 0 bridgehead atoms. The molecule has 1 aromatic rings. The summed E-state index contributed by atoms with van der Waals surface area (Å²) in [6.45, 7) is 2.22. The lowest BCUT2D eigenvalue weighted by Gasteiger charge is -2.37. The zero-order valence-corrected chi connectivity index (χ0v) is 18.7. The van der Waals surface area contributed by atoms with E-state index in [9.17, 15) is 13.2 Å². The van der Waals surface area contributed by atoms with Crippen molar-refractivity contribution in [2.24, 2.45) is 11.8 Å². The Morgan fingerprint density at radius 2 is 1.67 bits per heavy atom. The highest BCUT2D eigenvalue weighted by Crippen LogP contribution is 2.44. The Bertz CT molecular complexity index is 940. The summed E-state index contributed by atoms with van der Waals surface area (Å²) in [4.78, 5) is 13.0. The normalized spacial score (nSPS) is 32.0. The van der Waals surface area contributed by atoms with Crippen LogP contribution >= 0.6 is 0 Å². The van der Waals surface area contributed by atoms with Crippen molar-refractivity contribution in [3.63, 3.8) is 0 Å². The molecule has 0 amide bonds. The molecule has 5 rings (SSSR count). The van der Waals surface area contributed by atoms with Gasteiger partial charge in [0.1, 0.15) is 0 Å². The zero-order chi connectivity index (χ0) is 20.9. The first-order chi connectivity index (χ1) is 14.4. The molecule has 3 saturated carbocycles. The number of ether oxygens (including phenoxy) is 1. The molecule has 30 heavy (non-hydrogen) atoms. The maximum absolute atomic E-state index is 13.0. The van der Waals surface area contributed by atoms with E-state index in [1.165, 1.54) is 25.7 Å². The Balaban J connectivity index is 1.33. The van der Waals surface area contributed by atoms with Crippen LogP contribution < -0.4 is 10.3 Å². The molecule has 3 fully saturated rings. The highest BCUT2D eigenvalue weighted by Gasteiger charge is 2.41. The maximum Gasteiger partial charge on any atom is 0.254 e. The molecule has 166 valence electrons. The molecular weight excluding hydrogens is 400 g/mol. The molecule has 0 spiro atoms. The van der Waals surface area contributed by atoms with Crippen LogP contribution in [0.3, 0.4) is 0 Å². The Morgan fingerprint density at radius 3 is 2.30 bits per heavy atom. The second-order valence-corrected chi connectivity index (χ2v) is 12.0. The highest BCUT2D eigenvalue weighted by molar-refractivity contribution is 7.90. The van der Waals surface area contributed by atoms with E-state index in [-0.39, 0.29) is 29.0 Å². The molecule has 6 nitrogen and oxygen atoms in total. The lowest BCUT2D eigenvalue weighted by Crippen LogP contribution is -2.50. The Labute approximate surface area is 179 Å². The van der Waals surface area contributed by atoms with Crippen LogP contribution in [-0.2, 0) is 21.2 Å². The van der Waals surface area contributed by atoms with Crippen LogP contribution in [0.4, 0.5) is 0 Å². The SMILES string of the molecule is Cc1ccc2n(c1=O)C(COC1CCC(C3CC3)CC1)C(NS(=O)(=O)C1CC1)CC2. The lowest BCUT2D eigenvalue weighted by molar-refractivity contribution is -0.00839. The van der Waals surface area contributed by atoms with E-state index in [0.29, 0.717) is 25.0 Å². The van der Waals surface area contributed by atoms with Gasteiger partial charge in [-0.25, -0.2) is 13.1 Å². The van der Waals surface area contributed by atoms with Crippen molar-refractivity contribution in [1.29, 1.82) is 0 Å². The number of hydrogen-bond donors (Lipinski definition) is 1. The minimum atomic E-state index is -3.32. The third kappa shape index (κ3) is 4.26. The summed E-state index contributed by atoms with van der Waals surface area (Å²) in [6.07, 6.45) is 10.6. The minimum Gasteiger partial charge on any atom is -0.376 e. The van der Waals surface area contributed by atoms with Gasteiger partial charge in [-0.3, -0.25) is 4.79 Å². The van der Waals surface area contributed by atoms with E-state index in [4.69, 9.17) is 4.74 Å². The average molecular weight is 435 g/mol. The van der Waals surface area contributed by atoms with Crippen LogP contribution in [0, 0.1) is 18.8 Å². The number of nitrogens with zero attached hydrogens (tertiary/aromatic N) is 1. The fourth-order valence-electron chi connectivity index (χ4n) is 5.48. The number of hydrogen-bond acceptors (Lipinski definition) is 4. The maximum atomic E-state index is 13.0. The Hall–Kier alpha value is -1.18. The van der Waals surface area contributed by atoms with Crippen molar-refractivity contribution in [2.75, 3.05) is 6.61 Å². The molecule has 2 atom stereocenters. The molecule has 1 aliphatic heterocycles. The second kappa shape index (κ2) is 8.06. The van der Waals surface area contributed by atoms with E-state index < -0.39 is 10.0 Å². The number of aromatic nitrogens is 1. The van der Waals surface area contributed by atoms with E-state index in [1.54, 1.807) is 0 Å². The first-order valence-electron chi connectivity index (χ1n) is 11.8. The van der Waals surface area contributed by atoms with Gasteiger partial charge in [-0.2, -0.15) is 0 Å². The van der Waals surface area contributed by atoms with Gasteiger partial charge in [0.25, 0.3) is 5.56 Å². The summed E-state index contributed by atoms with van der Waals surface area (Å²) in [5.41, 5.74) is 1.66. The van der Waals surface area contributed by atoms with Gasteiger partial charge in [0.2, 0.25) is 10.0 Å². The van der Waals surface area contributed by atoms with Crippen LogP contribution in [0.2, 0.25) is 0 Å². The summed E-state index contributed by atoms with van der Waals surface area (Å²) in [5.74, 6) is 1.84. The Morgan fingerprint density at radius 1 is 1.00 bits per heavy atom. The van der Waals surface area contributed by atoms with Gasteiger partial charge >= 0.3 is 0 Å². The van der Waals surface area contributed by atoms with Crippen LogP contribution in [0.1, 0.15) is 75.1 Å². The summed E-state index contributed by atoms with van der Waals surface area (Å²) in [7, 11) is -3.32. The molecule has 1 aromatic heterocycles. The summed E-state index contributed by atoms with van der Waals surface area (Å²) >= 11 is 0. The fraction of sp³-hybridized carbons (Fsp3) is 0.783. The largest absolute Gasteiger partial charge is 0.376 e. The third-order valence-corrected chi connectivity index (χ3v) is 9.67. The minimum absolute atomic E-state index is 0.0196. The molecule has 4 aliphatic rings. The molecule has 0 radical (unpaired) electrons. The highest BCUT2D eigenvalue weighted by atomic mass is 32.2. The van der Waals surface area contributed by atoms with E-state index in [1.807, 2.05) is 23.6 Å². The lowest BCUT2D eigenvalue weighted by atomic mass is 9.84.